The van der Waals surface area contributed by atoms with Gasteiger partial charge in [-0.3, -0.25) is 9.69 Å². The van der Waals surface area contributed by atoms with Gasteiger partial charge in [0.1, 0.15) is 0 Å². The summed E-state index contributed by atoms with van der Waals surface area (Å²) >= 11 is 6.27. The summed E-state index contributed by atoms with van der Waals surface area (Å²) in [5.74, 6) is 0.847. The Kier molecular flexibility index (Phi) is 7.18. The summed E-state index contributed by atoms with van der Waals surface area (Å²) in [6.45, 7) is 8.90. The molecule has 1 aliphatic heterocycles. The summed E-state index contributed by atoms with van der Waals surface area (Å²) in [6, 6.07) is 11.7. The zero-order chi connectivity index (χ0) is 19.9. The number of rotatable bonds is 7. The van der Waals surface area contributed by atoms with Crippen LogP contribution in [0.4, 0.5) is 0 Å². The smallest absolute Gasteiger partial charge is 0.251 e. The van der Waals surface area contributed by atoms with Crippen LogP contribution in [0, 0.1) is 0 Å². The van der Waals surface area contributed by atoms with Gasteiger partial charge in [-0.05, 0) is 36.3 Å². The third kappa shape index (κ3) is 5.18. The second-order valence-corrected chi connectivity index (χ2v) is 7.20. The van der Waals surface area contributed by atoms with E-state index in [1.807, 2.05) is 0 Å². The molecular weight excluding hydrogens is 376 g/mol. The maximum absolute atomic E-state index is 12.6. The molecule has 150 valence electrons. The van der Waals surface area contributed by atoms with E-state index in [-0.39, 0.29) is 5.91 Å². The van der Waals surface area contributed by atoms with Crippen molar-refractivity contribution in [1.82, 2.24) is 10.2 Å². The minimum atomic E-state index is -0.190. The summed E-state index contributed by atoms with van der Waals surface area (Å²) in [6.07, 6.45) is 0.788. The van der Waals surface area contributed by atoms with Gasteiger partial charge in [0.25, 0.3) is 5.91 Å². The second-order valence-electron chi connectivity index (χ2n) is 6.80. The molecule has 1 amide bonds. The lowest BCUT2D eigenvalue weighted by atomic mass is 10.1. The highest BCUT2D eigenvalue weighted by Gasteiger charge is 2.18. The van der Waals surface area contributed by atoms with Gasteiger partial charge in [0.15, 0.2) is 11.5 Å². The van der Waals surface area contributed by atoms with Crippen molar-refractivity contribution in [1.29, 1.82) is 0 Å². The summed E-state index contributed by atoms with van der Waals surface area (Å²) < 4.78 is 11.3. The molecule has 0 radical (unpaired) electrons. The minimum Gasteiger partial charge on any atom is -0.489 e. The van der Waals surface area contributed by atoms with Crippen LogP contribution >= 0.6 is 11.6 Å². The Morgan fingerprint density at radius 2 is 1.75 bits per heavy atom. The van der Waals surface area contributed by atoms with Crippen molar-refractivity contribution >= 4 is 17.5 Å². The topological polar surface area (TPSA) is 50.8 Å². The van der Waals surface area contributed by atoms with Crippen LogP contribution in [0.3, 0.4) is 0 Å². The normalized spacial score (nSPS) is 13.3. The zero-order valence-electron chi connectivity index (χ0n) is 16.5. The maximum atomic E-state index is 12.6. The fourth-order valence-electron chi connectivity index (χ4n) is 3.11. The van der Waals surface area contributed by atoms with E-state index in [4.69, 9.17) is 21.1 Å². The van der Waals surface area contributed by atoms with E-state index in [1.54, 1.807) is 12.1 Å². The van der Waals surface area contributed by atoms with Gasteiger partial charge in [0.05, 0.1) is 18.2 Å². The molecule has 5 nitrogen and oxygen atoms in total. The van der Waals surface area contributed by atoms with Crippen molar-refractivity contribution in [3.8, 4) is 11.5 Å². The first kappa shape index (κ1) is 20.5. The Labute approximate surface area is 171 Å². The van der Waals surface area contributed by atoms with E-state index in [9.17, 15) is 4.79 Å². The summed E-state index contributed by atoms with van der Waals surface area (Å²) in [7, 11) is 0. The molecule has 1 N–H and O–H groups in total. The molecule has 0 bridgehead atoms. The third-order valence-electron chi connectivity index (χ3n) is 4.84. The first-order chi connectivity index (χ1) is 13.6. The van der Waals surface area contributed by atoms with Gasteiger partial charge in [-0.1, -0.05) is 49.7 Å². The first-order valence-corrected chi connectivity index (χ1v) is 10.2. The molecule has 6 heteroatoms. The molecule has 0 aromatic heterocycles. The van der Waals surface area contributed by atoms with Gasteiger partial charge in [-0.15, -0.1) is 0 Å². The average Bonchev–Trinajstić information content (AvgIpc) is 2.97. The predicted octanol–water partition coefficient (Wildman–Crippen LogP) is 4.27. The van der Waals surface area contributed by atoms with Crippen LogP contribution in [0.25, 0.3) is 0 Å². The monoisotopic (exact) mass is 402 g/mol. The van der Waals surface area contributed by atoms with E-state index >= 15 is 0 Å². The maximum Gasteiger partial charge on any atom is 0.251 e. The molecule has 2 aromatic rings. The highest BCUT2D eigenvalue weighted by atomic mass is 35.5. The van der Waals surface area contributed by atoms with Gasteiger partial charge in [0, 0.05) is 25.1 Å². The highest BCUT2D eigenvalue weighted by molar-refractivity contribution is 6.32. The largest absolute Gasteiger partial charge is 0.489 e. The number of ether oxygens (including phenoxy) is 2. The van der Waals surface area contributed by atoms with Crippen LogP contribution in [0.1, 0.15) is 41.8 Å². The molecule has 0 fully saturated rings. The molecule has 28 heavy (non-hydrogen) atoms. The minimum absolute atomic E-state index is 0.190. The Bertz CT molecular complexity index is 804. The molecular formula is C22H27ClN2O3. The highest BCUT2D eigenvalue weighted by Crippen LogP contribution is 2.37. The van der Waals surface area contributed by atoms with Gasteiger partial charge in [0.2, 0.25) is 0 Å². The van der Waals surface area contributed by atoms with Gasteiger partial charge >= 0.3 is 0 Å². The molecule has 0 aliphatic carbocycles. The average molecular weight is 403 g/mol. The third-order valence-corrected chi connectivity index (χ3v) is 5.12. The lowest BCUT2D eigenvalue weighted by molar-refractivity contribution is 0.0950. The van der Waals surface area contributed by atoms with Crippen LogP contribution in [0.5, 0.6) is 11.5 Å². The number of hydrogen-bond donors (Lipinski definition) is 1. The lowest BCUT2D eigenvalue weighted by Crippen LogP contribution is -2.23. The van der Waals surface area contributed by atoms with Gasteiger partial charge in [-0.25, -0.2) is 0 Å². The van der Waals surface area contributed by atoms with Gasteiger partial charge < -0.3 is 14.8 Å². The Hall–Kier alpha value is -2.24. The van der Waals surface area contributed by atoms with Crippen LogP contribution in [-0.4, -0.2) is 37.1 Å². The lowest BCUT2D eigenvalue weighted by Gasteiger charge is -2.18. The van der Waals surface area contributed by atoms with Crippen LogP contribution in [0.15, 0.2) is 36.4 Å². The molecule has 1 aliphatic rings. The fraction of sp³-hybridized carbons (Fsp3) is 0.409. The zero-order valence-corrected chi connectivity index (χ0v) is 17.2. The number of carbonyl (C=O) groups excluding carboxylic acids is 1. The van der Waals surface area contributed by atoms with Crippen molar-refractivity contribution in [2.75, 3.05) is 26.3 Å². The first-order valence-electron chi connectivity index (χ1n) is 9.78. The van der Waals surface area contributed by atoms with Crippen LogP contribution in [-0.2, 0) is 13.1 Å². The number of halogens is 1. The van der Waals surface area contributed by atoms with Crippen molar-refractivity contribution in [2.45, 2.75) is 33.4 Å². The number of benzene rings is 2. The molecule has 0 saturated heterocycles. The number of nitrogens with one attached hydrogen (secondary N) is 1. The summed E-state index contributed by atoms with van der Waals surface area (Å²) in [5.41, 5.74) is 2.79. The number of nitrogens with zero attached hydrogens (tertiary/aromatic N) is 1. The Morgan fingerprint density at radius 1 is 1.07 bits per heavy atom. The van der Waals surface area contributed by atoms with E-state index in [1.165, 1.54) is 5.56 Å². The molecule has 0 unspecified atom stereocenters. The molecule has 1 heterocycles. The van der Waals surface area contributed by atoms with Crippen molar-refractivity contribution < 1.29 is 14.3 Å². The Morgan fingerprint density at radius 3 is 2.46 bits per heavy atom. The predicted molar refractivity (Wildman–Crippen MR) is 111 cm³/mol. The van der Waals surface area contributed by atoms with E-state index in [0.29, 0.717) is 41.8 Å². The SMILES string of the molecule is CCN(CC)Cc1ccc(CNC(=O)c2cc(Cl)c3c(c2)OCCCO3)cc1. The molecule has 0 saturated carbocycles. The van der Waals surface area contributed by atoms with Crippen molar-refractivity contribution in [3.05, 3.63) is 58.1 Å². The second kappa shape index (κ2) is 9.80. The number of amides is 1. The molecule has 0 atom stereocenters. The van der Waals surface area contributed by atoms with Crippen molar-refractivity contribution in [2.24, 2.45) is 0 Å². The fourth-order valence-corrected chi connectivity index (χ4v) is 3.38. The number of carbonyl (C=O) groups is 1. The van der Waals surface area contributed by atoms with Crippen LogP contribution < -0.4 is 14.8 Å². The molecule has 0 spiro atoms. The number of hydrogen-bond acceptors (Lipinski definition) is 4. The molecule has 3 rings (SSSR count). The van der Waals surface area contributed by atoms with E-state index < -0.39 is 0 Å². The summed E-state index contributed by atoms with van der Waals surface area (Å²) in [4.78, 5) is 14.9. The van der Waals surface area contributed by atoms with Gasteiger partial charge in [-0.2, -0.15) is 0 Å². The Balaban J connectivity index is 1.61. The number of fused-ring (bicyclic) bond motifs is 1. The summed E-state index contributed by atoms with van der Waals surface area (Å²) in [5, 5.41) is 3.34. The standard InChI is InChI=1S/C22H27ClN2O3/c1-3-25(4-2)15-17-8-6-16(7-9-17)14-24-22(26)18-12-19(23)21-20(13-18)27-10-5-11-28-21/h6-9,12-13H,3-5,10-11,14-15H2,1-2H3,(H,24,26). The van der Waals surface area contributed by atoms with E-state index in [0.717, 1.165) is 31.6 Å². The molecule has 2 aromatic carbocycles. The van der Waals surface area contributed by atoms with Crippen molar-refractivity contribution in [3.63, 3.8) is 0 Å². The van der Waals surface area contributed by atoms with Crippen LogP contribution in [0.2, 0.25) is 5.02 Å². The quantitative estimate of drug-likeness (QED) is 0.751. The van der Waals surface area contributed by atoms with E-state index in [2.05, 4.69) is 48.3 Å².